The second-order valence-electron chi connectivity index (χ2n) is 6.10. The molecule has 112 valence electrons. The van der Waals surface area contributed by atoms with Crippen LogP contribution in [0.1, 0.15) is 48.7 Å². The van der Waals surface area contributed by atoms with Crippen LogP contribution >= 0.6 is 27.3 Å². The van der Waals surface area contributed by atoms with Crippen molar-refractivity contribution >= 4 is 27.3 Å². The SMILES string of the molecule is Cc1ccc(-c2nc(C(C)C)c(CNC3CC3)s2)cc1Br. The van der Waals surface area contributed by atoms with E-state index in [1.54, 1.807) is 0 Å². The predicted octanol–water partition coefficient (Wildman–Crippen LogP) is 5.26. The van der Waals surface area contributed by atoms with Crippen molar-refractivity contribution in [2.75, 3.05) is 0 Å². The van der Waals surface area contributed by atoms with Gasteiger partial charge >= 0.3 is 0 Å². The highest BCUT2D eigenvalue weighted by atomic mass is 79.9. The van der Waals surface area contributed by atoms with Gasteiger partial charge in [-0.15, -0.1) is 11.3 Å². The Morgan fingerprint density at radius 1 is 1.38 bits per heavy atom. The highest BCUT2D eigenvalue weighted by molar-refractivity contribution is 9.10. The molecular weight excluding hydrogens is 344 g/mol. The molecular formula is C17H21BrN2S. The molecule has 0 saturated heterocycles. The minimum atomic E-state index is 0.472. The molecule has 1 aromatic heterocycles. The molecule has 0 bridgehead atoms. The number of benzene rings is 1. The van der Waals surface area contributed by atoms with Crippen LogP contribution in [0, 0.1) is 6.92 Å². The van der Waals surface area contributed by atoms with Crippen LogP contribution in [0.3, 0.4) is 0 Å². The second kappa shape index (κ2) is 6.19. The van der Waals surface area contributed by atoms with Gasteiger partial charge in [0.05, 0.1) is 5.69 Å². The third-order valence-corrected chi connectivity index (χ3v) is 5.80. The molecule has 1 heterocycles. The van der Waals surface area contributed by atoms with Crippen molar-refractivity contribution in [2.45, 2.75) is 52.1 Å². The topological polar surface area (TPSA) is 24.9 Å². The molecule has 1 N–H and O–H groups in total. The summed E-state index contributed by atoms with van der Waals surface area (Å²) < 4.78 is 1.15. The molecule has 2 aromatic rings. The van der Waals surface area contributed by atoms with Gasteiger partial charge in [-0.2, -0.15) is 0 Å². The molecule has 2 nitrogen and oxygen atoms in total. The maximum absolute atomic E-state index is 4.91. The molecule has 0 aliphatic heterocycles. The van der Waals surface area contributed by atoms with E-state index >= 15 is 0 Å². The summed E-state index contributed by atoms with van der Waals surface area (Å²) in [6.45, 7) is 7.53. The zero-order chi connectivity index (χ0) is 15.0. The van der Waals surface area contributed by atoms with E-state index in [2.05, 4.69) is 60.2 Å². The third kappa shape index (κ3) is 3.55. The van der Waals surface area contributed by atoms with Gasteiger partial charge in [0.25, 0.3) is 0 Å². The number of hydrogen-bond donors (Lipinski definition) is 1. The van der Waals surface area contributed by atoms with Crippen LogP contribution in [-0.4, -0.2) is 11.0 Å². The van der Waals surface area contributed by atoms with Crippen molar-refractivity contribution in [3.8, 4) is 10.6 Å². The summed E-state index contributed by atoms with van der Waals surface area (Å²) in [7, 11) is 0. The summed E-state index contributed by atoms with van der Waals surface area (Å²) in [5.41, 5.74) is 3.71. The van der Waals surface area contributed by atoms with Crippen molar-refractivity contribution in [2.24, 2.45) is 0 Å². The summed E-state index contributed by atoms with van der Waals surface area (Å²) in [4.78, 5) is 6.30. The van der Waals surface area contributed by atoms with Crippen LogP contribution in [0.4, 0.5) is 0 Å². The largest absolute Gasteiger partial charge is 0.309 e. The Kier molecular flexibility index (Phi) is 4.48. The first-order valence-electron chi connectivity index (χ1n) is 7.54. The van der Waals surface area contributed by atoms with Crippen molar-refractivity contribution in [3.63, 3.8) is 0 Å². The molecule has 0 unspecified atom stereocenters. The molecule has 0 amide bonds. The zero-order valence-electron chi connectivity index (χ0n) is 12.7. The van der Waals surface area contributed by atoms with E-state index < -0.39 is 0 Å². The summed E-state index contributed by atoms with van der Waals surface area (Å²) in [5.74, 6) is 0.472. The number of nitrogens with one attached hydrogen (secondary N) is 1. The lowest BCUT2D eigenvalue weighted by molar-refractivity contribution is 0.681. The number of nitrogens with zero attached hydrogens (tertiary/aromatic N) is 1. The van der Waals surface area contributed by atoms with E-state index in [-0.39, 0.29) is 0 Å². The Labute approximate surface area is 139 Å². The fraction of sp³-hybridized carbons (Fsp3) is 0.471. The Morgan fingerprint density at radius 2 is 2.14 bits per heavy atom. The van der Waals surface area contributed by atoms with Crippen LogP contribution < -0.4 is 5.32 Å². The lowest BCUT2D eigenvalue weighted by atomic mass is 10.1. The quantitative estimate of drug-likeness (QED) is 0.782. The van der Waals surface area contributed by atoms with Crippen molar-refractivity contribution < 1.29 is 0 Å². The first-order valence-corrected chi connectivity index (χ1v) is 9.15. The average molecular weight is 365 g/mol. The van der Waals surface area contributed by atoms with Crippen molar-refractivity contribution in [3.05, 3.63) is 38.8 Å². The van der Waals surface area contributed by atoms with Gasteiger partial charge in [-0.3, -0.25) is 0 Å². The first kappa shape index (κ1) is 15.2. The normalized spacial score (nSPS) is 14.9. The van der Waals surface area contributed by atoms with E-state index in [1.165, 1.54) is 34.5 Å². The molecule has 1 saturated carbocycles. The highest BCUT2D eigenvalue weighted by Gasteiger charge is 2.22. The van der Waals surface area contributed by atoms with E-state index in [1.807, 2.05) is 11.3 Å². The Bertz CT molecular complexity index is 644. The minimum absolute atomic E-state index is 0.472. The molecule has 4 heteroatoms. The van der Waals surface area contributed by atoms with Crippen LogP contribution in [0.5, 0.6) is 0 Å². The van der Waals surface area contributed by atoms with Crippen molar-refractivity contribution in [1.82, 2.24) is 10.3 Å². The standard InChI is InChI=1S/C17H21BrN2S/c1-10(2)16-15(9-19-13-6-7-13)21-17(20-16)12-5-4-11(3)14(18)8-12/h4-5,8,10,13,19H,6-7,9H2,1-3H3. The molecule has 21 heavy (non-hydrogen) atoms. The second-order valence-corrected chi connectivity index (χ2v) is 8.04. The number of rotatable bonds is 5. The van der Waals surface area contributed by atoms with E-state index in [0.717, 1.165) is 22.1 Å². The molecule has 1 aromatic carbocycles. The monoisotopic (exact) mass is 364 g/mol. The average Bonchev–Trinajstić information content (AvgIpc) is 3.17. The van der Waals surface area contributed by atoms with Gasteiger partial charge in [0.15, 0.2) is 0 Å². The zero-order valence-corrected chi connectivity index (χ0v) is 15.1. The van der Waals surface area contributed by atoms with E-state index in [4.69, 9.17) is 4.98 Å². The van der Waals surface area contributed by atoms with E-state index in [0.29, 0.717) is 5.92 Å². The van der Waals surface area contributed by atoms with Crippen LogP contribution in [0.15, 0.2) is 22.7 Å². The number of aromatic nitrogens is 1. The minimum Gasteiger partial charge on any atom is -0.309 e. The fourth-order valence-corrected chi connectivity index (χ4v) is 3.86. The van der Waals surface area contributed by atoms with Crippen LogP contribution in [-0.2, 0) is 6.54 Å². The van der Waals surface area contributed by atoms with Gasteiger partial charge in [-0.1, -0.05) is 41.9 Å². The van der Waals surface area contributed by atoms with Gasteiger partial charge in [-0.05, 0) is 37.3 Å². The molecule has 0 radical (unpaired) electrons. The Hall–Kier alpha value is -0.710. The number of thiazole rings is 1. The molecule has 1 aliphatic rings. The maximum atomic E-state index is 4.91. The van der Waals surface area contributed by atoms with Gasteiger partial charge in [0.2, 0.25) is 0 Å². The van der Waals surface area contributed by atoms with E-state index in [9.17, 15) is 0 Å². The number of aryl methyl sites for hydroxylation is 1. The van der Waals surface area contributed by atoms with Crippen LogP contribution in [0.25, 0.3) is 10.6 Å². The molecule has 1 fully saturated rings. The Morgan fingerprint density at radius 3 is 2.76 bits per heavy atom. The lowest BCUT2D eigenvalue weighted by Gasteiger charge is -2.05. The van der Waals surface area contributed by atoms with Gasteiger partial charge < -0.3 is 5.32 Å². The van der Waals surface area contributed by atoms with Gasteiger partial charge in [-0.25, -0.2) is 4.98 Å². The van der Waals surface area contributed by atoms with Gasteiger partial charge in [0, 0.05) is 27.5 Å². The smallest absolute Gasteiger partial charge is 0.123 e. The molecule has 0 spiro atoms. The van der Waals surface area contributed by atoms with Crippen LogP contribution in [0.2, 0.25) is 0 Å². The summed E-state index contributed by atoms with van der Waals surface area (Å²) in [6.07, 6.45) is 2.65. The lowest BCUT2D eigenvalue weighted by Crippen LogP contribution is -2.15. The summed E-state index contributed by atoms with van der Waals surface area (Å²) in [6, 6.07) is 7.24. The first-order chi connectivity index (χ1) is 10.0. The summed E-state index contributed by atoms with van der Waals surface area (Å²) in [5, 5.41) is 4.75. The highest BCUT2D eigenvalue weighted by Crippen LogP contribution is 2.34. The predicted molar refractivity (Wildman–Crippen MR) is 93.9 cm³/mol. The van der Waals surface area contributed by atoms with Gasteiger partial charge in [0.1, 0.15) is 5.01 Å². The summed E-state index contributed by atoms with van der Waals surface area (Å²) >= 11 is 5.45. The van der Waals surface area contributed by atoms with Crippen molar-refractivity contribution in [1.29, 1.82) is 0 Å². The Balaban J connectivity index is 1.90. The molecule has 0 atom stereocenters. The number of halogens is 1. The fourth-order valence-electron chi connectivity index (χ4n) is 2.32. The third-order valence-electron chi connectivity index (χ3n) is 3.82. The number of hydrogen-bond acceptors (Lipinski definition) is 3. The molecule has 3 rings (SSSR count). The maximum Gasteiger partial charge on any atom is 0.123 e. The molecule has 1 aliphatic carbocycles.